The first-order valence-corrected chi connectivity index (χ1v) is 4.65. The molecular formula is C9H15F2NO2. The highest BCUT2D eigenvalue weighted by Gasteiger charge is 2.60. The Kier molecular flexibility index (Phi) is 2.81. The molecule has 1 atom stereocenters. The van der Waals surface area contributed by atoms with Crippen LogP contribution in [0.4, 0.5) is 8.78 Å². The predicted molar refractivity (Wildman–Crippen MR) is 47.4 cm³/mol. The molecule has 0 aromatic heterocycles. The Bertz CT molecular complexity index is 245. The second kappa shape index (κ2) is 3.46. The minimum Gasteiger partial charge on any atom is -0.481 e. The lowest BCUT2D eigenvalue weighted by Gasteiger charge is -2.43. The standard InChI is InChI=1S/C9H15F2NO2/c1-3-8(7(13)14)6-12(2)5-4-9(8,10)11/h3-6H2,1-2H3,(H,13,14). The van der Waals surface area contributed by atoms with Crippen molar-refractivity contribution in [2.24, 2.45) is 5.41 Å². The minimum absolute atomic E-state index is 0.0420. The first-order chi connectivity index (χ1) is 6.35. The average Bonchev–Trinajstić information content (AvgIpc) is 2.09. The molecule has 0 aromatic carbocycles. The fraction of sp³-hybridized carbons (Fsp3) is 0.889. The zero-order valence-electron chi connectivity index (χ0n) is 8.39. The van der Waals surface area contributed by atoms with Gasteiger partial charge in [-0.25, -0.2) is 8.78 Å². The van der Waals surface area contributed by atoms with E-state index in [-0.39, 0.29) is 25.9 Å². The average molecular weight is 207 g/mol. The summed E-state index contributed by atoms with van der Waals surface area (Å²) in [6, 6.07) is 0. The van der Waals surface area contributed by atoms with Crippen LogP contribution < -0.4 is 0 Å². The van der Waals surface area contributed by atoms with Crippen molar-refractivity contribution in [1.29, 1.82) is 0 Å². The van der Waals surface area contributed by atoms with Gasteiger partial charge in [0.1, 0.15) is 5.41 Å². The summed E-state index contributed by atoms with van der Waals surface area (Å²) in [4.78, 5) is 12.6. The Morgan fingerprint density at radius 1 is 1.57 bits per heavy atom. The van der Waals surface area contributed by atoms with Gasteiger partial charge in [-0.2, -0.15) is 0 Å². The Morgan fingerprint density at radius 2 is 2.14 bits per heavy atom. The third kappa shape index (κ3) is 1.49. The van der Waals surface area contributed by atoms with Gasteiger partial charge in [-0.05, 0) is 13.5 Å². The van der Waals surface area contributed by atoms with E-state index >= 15 is 0 Å². The summed E-state index contributed by atoms with van der Waals surface area (Å²) in [5, 5.41) is 8.94. The first kappa shape index (κ1) is 11.4. The molecule has 0 bridgehead atoms. The van der Waals surface area contributed by atoms with Gasteiger partial charge in [0.25, 0.3) is 5.92 Å². The highest BCUT2D eigenvalue weighted by Crippen LogP contribution is 2.45. The van der Waals surface area contributed by atoms with Crippen LogP contribution in [0.1, 0.15) is 19.8 Å². The lowest BCUT2D eigenvalue weighted by Crippen LogP contribution is -2.58. The summed E-state index contributed by atoms with van der Waals surface area (Å²) in [7, 11) is 1.67. The number of carboxylic acids is 1. The molecule has 1 saturated heterocycles. The number of rotatable bonds is 2. The number of aliphatic carboxylic acids is 1. The van der Waals surface area contributed by atoms with Crippen LogP contribution in [-0.2, 0) is 4.79 Å². The molecule has 0 spiro atoms. The molecular weight excluding hydrogens is 192 g/mol. The predicted octanol–water partition coefficient (Wildman–Crippen LogP) is 1.44. The van der Waals surface area contributed by atoms with Crippen molar-refractivity contribution in [2.45, 2.75) is 25.7 Å². The number of likely N-dealkylation sites (tertiary alicyclic amines) is 1. The minimum atomic E-state index is -3.10. The number of carboxylic acid groups (broad SMARTS) is 1. The van der Waals surface area contributed by atoms with Crippen molar-refractivity contribution < 1.29 is 18.7 Å². The van der Waals surface area contributed by atoms with Gasteiger partial charge < -0.3 is 10.0 Å². The lowest BCUT2D eigenvalue weighted by molar-refractivity contribution is -0.196. The van der Waals surface area contributed by atoms with E-state index in [1.165, 1.54) is 6.92 Å². The number of carbonyl (C=O) groups is 1. The molecule has 1 N–H and O–H groups in total. The van der Waals surface area contributed by atoms with Gasteiger partial charge in [0.2, 0.25) is 0 Å². The lowest BCUT2D eigenvalue weighted by atomic mass is 9.74. The SMILES string of the molecule is CCC1(C(=O)O)CN(C)CCC1(F)F. The van der Waals surface area contributed by atoms with E-state index in [0.717, 1.165) is 0 Å². The summed E-state index contributed by atoms with van der Waals surface area (Å²) < 4.78 is 27.1. The molecule has 5 heteroatoms. The number of piperidine rings is 1. The zero-order chi connectivity index (χ0) is 11.0. The van der Waals surface area contributed by atoms with Crippen LogP contribution >= 0.6 is 0 Å². The monoisotopic (exact) mass is 207 g/mol. The number of halogens is 2. The summed E-state index contributed by atoms with van der Waals surface area (Å²) in [5.74, 6) is -4.49. The highest BCUT2D eigenvalue weighted by atomic mass is 19.3. The van der Waals surface area contributed by atoms with Crippen molar-refractivity contribution >= 4 is 5.97 Å². The zero-order valence-corrected chi connectivity index (χ0v) is 8.39. The van der Waals surface area contributed by atoms with E-state index < -0.39 is 17.3 Å². The van der Waals surface area contributed by atoms with Crippen LogP contribution in [-0.4, -0.2) is 42.0 Å². The van der Waals surface area contributed by atoms with Gasteiger partial charge in [0.15, 0.2) is 0 Å². The Balaban J connectivity index is 3.04. The van der Waals surface area contributed by atoms with Gasteiger partial charge in [0, 0.05) is 19.5 Å². The fourth-order valence-corrected chi connectivity index (χ4v) is 1.97. The second-order valence-corrected chi connectivity index (χ2v) is 3.93. The molecule has 1 unspecified atom stereocenters. The molecule has 1 fully saturated rings. The normalized spacial score (nSPS) is 32.9. The summed E-state index contributed by atoms with van der Waals surface area (Å²) >= 11 is 0. The highest BCUT2D eigenvalue weighted by molar-refractivity contribution is 5.76. The summed E-state index contributed by atoms with van der Waals surface area (Å²) in [6.07, 6.45) is -0.413. The molecule has 0 amide bonds. The van der Waals surface area contributed by atoms with Crippen LogP contribution in [0.3, 0.4) is 0 Å². The molecule has 0 aromatic rings. The van der Waals surface area contributed by atoms with Crippen LogP contribution in [0.25, 0.3) is 0 Å². The molecule has 0 aliphatic carbocycles. The van der Waals surface area contributed by atoms with E-state index in [9.17, 15) is 13.6 Å². The van der Waals surface area contributed by atoms with Crippen molar-refractivity contribution in [2.75, 3.05) is 20.1 Å². The molecule has 1 rings (SSSR count). The van der Waals surface area contributed by atoms with Crippen molar-refractivity contribution in [3.63, 3.8) is 0 Å². The topological polar surface area (TPSA) is 40.5 Å². The number of hydrogen-bond acceptors (Lipinski definition) is 2. The summed E-state index contributed by atoms with van der Waals surface area (Å²) in [6.45, 7) is 1.68. The van der Waals surface area contributed by atoms with Crippen LogP contribution in [0.15, 0.2) is 0 Å². The Morgan fingerprint density at radius 3 is 2.50 bits per heavy atom. The molecule has 1 aliphatic rings. The molecule has 3 nitrogen and oxygen atoms in total. The van der Waals surface area contributed by atoms with E-state index in [4.69, 9.17) is 5.11 Å². The maximum atomic E-state index is 13.5. The maximum Gasteiger partial charge on any atom is 0.317 e. The smallest absolute Gasteiger partial charge is 0.317 e. The third-order valence-electron chi connectivity index (χ3n) is 3.06. The third-order valence-corrected chi connectivity index (χ3v) is 3.06. The number of alkyl halides is 2. The van der Waals surface area contributed by atoms with Gasteiger partial charge in [0.05, 0.1) is 0 Å². The molecule has 1 heterocycles. The molecule has 0 saturated carbocycles. The quantitative estimate of drug-likeness (QED) is 0.744. The number of hydrogen-bond donors (Lipinski definition) is 1. The molecule has 14 heavy (non-hydrogen) atoms. The van der Waals surface area contributed by atoms with Crippen LogP contribution in [0.5, 0.6) is 0 Å². The van der Waals surface area contributed by atoms with Gasteiger partial charge in [-0.3, -0.25) is 4.79 Å². The van der Waals surface area contributed by atoms with Crippen LogP contribution in [0.2, 0.25) is 0 Å². The van der Waals surface area contributed by atoms with E-state index in [2.05, 4.69) is 0 Å². The summed E-state index contributed by atoms with van der Waals surface area (Å²) in [5.41, 5.74) is -1.90. The van der Waals surface area contributed by atoms with Gasteiger partial charge in [-0.15, -0.1) is 0 Å². The van der Waals surface area contributed by atoms with Crippen molar-refractivity contribution in [3.8, 4) is 0 Å². The van der Waals surface area contributed by atoms with Gasteiger partial charge >= 0.3 is 5.97 Å². The molecule has 0 radical (unpaired) electrons. The fourth-order valence-electron chi connectivity index (χ4n) is 1.97. The van der Waals surface area contributed by atoms with E-state index in [0.29, 0.717) is 0 Å². The molecule has 1 aliphatic heterocycles. The van der Waals surface area contributed by atoms with Crippen LogP contribution in [0, 0.1) is 5.41 Å². The largest absolute Gasteiger partial charge is 0.481 e. The van der Waals surface area contributed by atoms with E-state index in [1.807, 2.05) is 0 Å². The first-order valence-electron chi connectivity index (χ1n) is 4.65. The van der Waals surface area contributed by atoms with Gasteiger partial charge in [-0.1, -0.05) is 6.92 Å². The molecule has 82 valence electrons. The Labute approximate surface area is 81.7 Å². The van der Waals surface area contributed by atoms with E-state index in [1.54, 1.807) is 11.9 Å². The van der Waals surface area contributed by atoms with Crippen molar-refractivity contribution in [3.05, 3.63) is 0 Å². The number of nitrogens with zero attached hydrogens (tertiary/aromatic N) is 1. The maximum absolute atomic E-state index is 13.5. The Hall–Kier alpha value is -0.710. The van der Waals surface area contributed by atoms with Crippen molar-refractivity contribution in [1.82, 2.24) is 4.90 Å². The second-order valence-electron chi connectivity index (χ2n) is 3.93.